The van der Waals surface area contributed by atoms with Crippen molar-refractivity contribution in [1.29, 1.82) is 0 Å². The fourth-order valence-corrected chi connectivity index (χ4v) is 1.19. The summed E-state index contributed by atoms with van der Waals surface area (Å²) in [6.45, 7) is 2.19. The zero-order valence-electron chi connectivity index (χ0n) is 8.30. The minimum atomic E-state index is 0.222. The standard InChI is InChI=1S/C11H11NO3/c1-8-6-9(12-15-8)7-14-11-4-2-10(13)3-5-11/h2-6,13H,7H2,1H3. The van der Waals surface area contributed by atoms with Gasteiger partial charge in [0.05, 0.1) is 0 Å². The first-order valence-electron chi connectivity index (χ1n) is 4.58. The number of rotatable bonds is 3. The van der Waals surface area contributed by atoms with Crippen molar-refractivity contribution < 1.29 is 14.4 Å². The van der Waals surface area contributed by atoms with E-state index < -0.39 is 0 Å². The highest BCUT2D eigenvalue weighted by atomic mass is 16.5. The van der Waals surface area contributed by atoms with Crippen LogP contribution in [0, 0.1) is 6.92 Å². The number of hydrogen-bond donors (Lipinski definition) is 1. The predicted octanol–water partition coefficient (Wildman–Crippen LogP) is 2.27. The maximum absolute atomic E-state index is 9.06. The molecule has 0 unspecified atom stereocenters. The van der Waals surface area contributed by atoms with Crippen LogP contribution in [0.5, 0.6) is 11.5 Å². The molecule has 0 fully saturated rings. The van der Waals surface area contributed by atoms with Crippen LogP contribution in [-0.2, 0) is 6.61 Å². The predicted molar refractivity (Wildman–Crippen MR) is 53.7 cm³/mol. The smallest absolute Gasteiger partial charge is 0.134 e. The van der Waals surface area contributed by atoms with Crippen molar-refractivity contribution in [3.8, 4) is 11.5 Å². The van der Waals surface area contributed by atoms with Crippen LogP contribution >= 0.6 is 0 Å². The van der Waals surface area contributed by atoms with Gasteiger partial charge in [-0.25, -0.2) is 0 Å². The zero-order chi connectivity index (χ0) is 10.7. The Hall–Kier alpha value is -1.97. The molecule has 1 N–H and O–H groups in total. The number of benzene rings is 1. The number of aromatic nitrogens is 1. The lowest BCUT2D eigenvalue weighted by atomic mass is 10.3. The highest BCUT2D eigenvalue weighted by Gasteiger charge is 2.01. The first kappa shape index (κ1) is 9.58. The Kier molecular flexibility index (Phi) is 2.58. The molecule has 78 valence electrons. The van der Waals surface area contributed by atoms with Crippen molar-refractivity contribution in [2.45, 2.75) is 13.5 Å². The van der Waals surface area contributed by atoms with E-state index in [4.69, 9.17) is 14.4 Å². The summed E-state index contributed by atoms with van der Waals surface area (Å²) in [6.07, 6.45) is 0. The second-order valence-corrected chi connectivity index (χ2v) is 3.21. The number of phenolic OH excluding ortho intramolecular Hbond substituents is 1. The summed E-state index contributed by atoms with van der Waals surface area (Å²) >= 11 is 0. The fourth-order valence-electron chi connectivity index (χ4n) is 1.19. The Morgan fingerprint density at radius 3 is 2.67 bits per heavy atom. The zero-order valence-corrected chi connectivity index (χ0v) is 8.30. The van der Waals surface area contributed by atoms with Gasteiger partial charge in [0, 0.05) is 6.07 Å². The molecule has 0 aliphatic carbocycles. The molecule has 2 rings (SSSR count). The molecular formula is C11H11NO3. The van der Waals surface area contributed by atoms with Gasteiger partial charge in [0.15, 0.2) is 0 Å². The van der Waals surface area contributed by atoms with Crippen LogP contribution in [0.4, 0.5) is 0 Å². The van der Waals surface area contributed by atoms with E-state index in [-0.39, 0.29) is 5.75 Å². The molecule has 4 heteroatoms. The molecule has 0 amide bonds. The van der Waals surface area contributed by atoms with Gasteiger partial charge in [0.25, 0.3) is 0 Å². The average molecular weight is 205 g/mol. The molecule has 1 aromatic heterocycles. The highest BCUT2D eigenvalue weighted by molar-refractivity contribution is 5.30. The molecule has 0 aliphatic heterocycles. The van der Waals surface area contributed by atoms with Crippen molar-refractivity contribution in [2.24, 2.45) is 0 Å². The normalized spacial score (nSPS) is 10.2. The number of aromatic hydroxyl groups is 1. The summed E-state index contributed by atoms with van der Waals surface area (Å²) in [5.41, 5.74) is 0.751. The molecule has 0 atom stereocenters. The van der Waals surface area contributed by atoms with Gasteiger partial charge in [0.2, 0.25) is 0 Å². The van der Waals surface area contributed by atoms with Crippen LogP contribution < -0.4 is 4.74 Å². The minimum Gasteiger partial charge on any atom is -0.508 e. The third-order valence-corrected chi connectivity index (χ3v) is 1.90. The lowest BCUT2D eigenvalue weighted by Gasteiger charge is -2.02. The number of nitrogens with zero attached hydrogens (tertiary/aromatic N) is 1. The molecule has 2 aromatic rings. The van der Waals surface area contributed by atoms with Gasteiger partial charge in [-0.3, -0.25) is 0 Å². The molecule has 0 bridgehead atoms. The summed E-state index contributed by atoms with van der Waals surface area (Å²) in [4.78, 5) is 0. The Morgan fingerprint density at radius 1 is 1.33 bits per heavy atom. The quantitative estimate of drug-likeness (QED) is 0.835. The molecule has 0 saturated heterocycles. The van der Waals surface area contributed by atoms with E-state index in [0.717, 1.165) is 11.5 Å². The van der Waals surface area contributed by atoms with Gasteiger partial charge >= 0.3 is 0 Å². The molecule has 0 saturated carbocycles. The van der Waals surface area contributed by atoms with Crippen LogP contribution in [0.15, 0.2) is 34.9 Å². The Bertz CT molecular complexity index is 433. The first-order chi connectivity index (χ1) is 7.24. The van der Waals surface area contributed by atoms with Crippen LogP contribution in [-0.4, -0.2) is 10.3 Å². The van der Waals surface area contributed by atoms with Crippen LogP contribution in [0.3, 0.4) is 0 Å². The largest absolute Gasteiger partial charge is 0.508 e. The summed E-state index contributed by atoms with van der Waals surface area (Å²) in [7, 11) is 0. The van der Waals surface area contributed by atoms with E-state index in [1.54, 1.807) is 24.3 Å². The van der Waals surface area contributed by atoms with Gasteiger partial charge in [-0.05, 0) is 31.2 Å². The van der Waals surface area contributed by atoms with Crippen molar-refractivity contribution in [3.05, 3.63) is 41.8 Å². The van der Waals surface area contributed by atoms with Crippen LogP contribution in [0.2, 0.25) is 0 Å². The molecule has 4 nitrogen and oxygen atoms in total. The summed E-state index contributed by atoms with van der Waals surface area (Å²) in [5.74, 6) is 1.67. The monoisotopic (exact) mass is 205 g/mol. The number of aryl methyl sites for hydroxylation is 1. The lowest BCUT2D eigenvalue weighted by molar-refractivity contribution is 0.287. The van der Waals surface area contributed by atoms with Crippen molar-refractivity contribution >= 4 is 0 Å². The van der Waals surface area contributed by atoms with E-state index in [9.17, 15) is 0 Å². The van der Waals surface area contributed by atoms with E-state index >= 15 is 0 Å². The molecule has 15 heavy (non-hydrogen) atoms. The van der Waals surface area contributed by atoms with Gasteiger partial charge < -0.3 is 14.4 Å². The van der Waals surface area contributed by atoms with E-state index in [2.05, 4.69) is 5.16 Å². The first-order valence-corrected chi connectivity index (χ1v) is 4.58. The maximum Gasteiger partial charge on any atom is 0.134 e. The summed E-state index contributed by atoms with van der Waals surface area (Å²) in [6, 6.07) is 8.36. The van der Waals surface area contributed by atoms with Crippen molar-refractivity contribution in [3.63, 3.8) is 0 Å². The SMILES string of the molecule is Cc1cc(COc2ccc(O)cc2)no1. The highest BCUT2D eigenvalue weighted by Crippen LogP contribution is 2.17. The number of phenols is 1. The number of ether oxygens (including phenoxy) is 1. The van der Waals surface area contributed by atoms with Gasteiger partial charge in [-0.15, -0.1) is 0 Å². The maximum atomic E-state index is 9.06. The summed E-state index contributed by atoms with van der Waals surface area (Å²) < 4.78 is 10.3. The third kappa shape index (κ3) is 2.49. The van der Waals surface area contributed by atoms with Gasteiger partial charge in [-0.2, -0.15) is 0 Å². The molecule has 0 spiro atoms. The van der Waals surface area contributed by atoms with E-state index in [1.165, 1.54) is 0 Å². The minimum absolute atomic E-state index is 0.222. The Labute approximate surface area is 87.1 Å². The van der Waals surface area contributed by atoms with E-state index in [1.807, 2.05) is 13.0 Å². The van der Waals surface area contributed by atoms with Gasteiger partial charge in [-0.1, -0.05) is 5.16 Å². The topological polar surface area (TPSA) is 55.5 Å². The average Bonchev–Trinajstić information content (AvgIpc) is 2.64. The molecule has 1 heterocycles. The number of hydrogen-bond acceptors (Lipinski definition) is 4. The second kappa shape index (κ2) is 4.04. The Morgan fingerprint density at radius 2 is 2.07 bits per heavy atom. The van der Waals surface area contributed by atoms with Crippen LogP contribution in [0.25, 0.3) is 0 Å². The molecule has 1 aromatic carbocycles. The molecular weight excluding hydrogens is 194 g/mol. The molecule has 0 radical (unpaired) electrons. The molecule has 0 aliphatic rings. The van der Waals surface area contributed by atoms with Crippen molar-refractivity contribution in [1.82, 2.24) is 5.16 Å². The third-order valence-electron chi connectivity index (χ3n) is 1.90. The van der Waals surface area contributed by atoms with E-state index in [0.29, 0.717) is 12.4 Å². The Balaban J connectivity index is 1.96. The fraction of sp³-hybridized carbons (Fsp3) is 0.182. The summed E-state index contributed by atoms with van der Waals surface area (Å²) in [5, 5.41) is 12.9. The van der Waals surface area contributed by atoms with Crippen LogP contribution in [0.1, 0.15) is 11.5 Å². The second-order valence-electron chi connectivity index (χ2n) is 3.21. The lowest BCUT2D eigenvalue weighted by Crippen LogP contribution is -1.94. The van der Waals surface area contributed by atoms with Gasteiger partial charge in [0.1, 0.15) is 29.6 Å². The van der Waals surface area contributed by atoms with Crippen molar-refractivity contribution in [2.75, 3.05) is 0 Å².